The Morgan fingerprint density at radius 3 is 2.74 bits per heavy atom. The van der Waals surface area contributed by atoms with Gasteiger partial charge in [-0.3, -0.25) is 9.59 Å². The van der Waals surface area contributed by atoms with E-state index in [1.807, 2.05) is 0 Å². The number of nitrogens with two attached hydrogens (primary N) is 1. The Labute approximate surface area is 227 Å². The fourth-order valence-corrected chi connectivity index (χ4v) is 5.29. The van der Waals surface area contributed by atoms with Crippen LogP contribution in [0.1, 0.15) is 46.5 Å². The van der Waals surface area contributed by atoms with E-state index < -0.39 is 17.9 Å². The van der Waals surface area contributed by atoms with Crippen LogP contribution >= 0.6 is 11.6 Å². The monoisotopic (exact) mass is 557 g/mol. The first-order valence-electron chi connectivity index (χ1n) is 12.2. The second-order valence-electron chi connectivity index (χ2n) is 9.53. The number of likely N-dealkylation sites (tertiary alicyclic amines) is 1. The number of alkyl halides is 2. The zero-order valence-electron chi connectivity index (χ0n) is 21.2. The summed E-state index contributed by atoms with van der Waals surface area (Å²) < 4.78 is 35.5. The number of hydrogen-bond acceptors (Lipinski definition) is 6. The molecule has 10 nitrogen and oxygen atoms in total. The third kappa shape index (κ3) is 4.72. The number of nitrogens with one attached hydrogen (secondary N) is 1. The van der Waals surface area contributed by atoms with Crippen molar-refractivity contribution in [1.82, 2.24) is 24.2 Å². The summed E-state index contributed by atoms with van der Waals surface area (Å²) in [6.45, 7) is 4.23. The Morgan fingerprint density at radius 2 is 2.13 bits per heavy atom. The highest BCUT2D eigenvalue weighted by Gasteiger charge is 2.58. The number of rotatable bonds is 7. The molecule has 204 valence electrons. The van der Waals surface area contributed by atoms with Crippen LogP contribution in [0.3, 0.4) is 0 Å². The number of nitrogens with zero attached hydrogens (tertiary/aromatic N) is 5. The number of anilines is 1. The van der Waals surface area contributed by atoms with E-state index in [4.69, 9.17) is 22.1 Å². The van der Waals surface area contributed by atoms with Crippen molar-refractivity contribution in [2.24, 2.45) is 5.73 Å². The molecule has 1 saturated heterocycles. The van der Waals surface area contributed by atoms with Gasteiger partial charge >= 0.3 is 0 Å². The molecule has 2 fully saturated rings. The summed E-state index contributed by atoms with van der Waals surface area (Å²) in [6.07, 6.45) is 2.91. The highest BCUT2D eigenvalue weighted by atomic mass is 35.5. The van der Waals surface area contributed by atoms with Crippen LogP contribution < -0.4 is 11.1 Å². The van der Waals surface area contributed by atoms with Gasteiger partial charge in [-0.25, -0.2) is 18.4 Å². The number of primary amides is 1. The van der Waals surface area contributed by atoms with Crippen LogP contribution in [-0.2, 0) is 9.53 Å². The quantitative estimate of drug-likeness (QED) is 0.340. The van der Waals surface area contributed by atoms with Crippen molar-refractivity contribution in [3.05, 3.63) is 53.0 Å². The highest BCUT2D eigenvalue weighted by Crippen LogP contribution is 2.53. The molecule has 5 rings (SSSR count). The number of imidazole rings is 1. The van der Waals surface area contributed by atoms with Gasteiger partial charge in [0.15, 0.2) is 5.69 Å². The van der Waals surface area contributed by atoms with Crippen molar-refractivity contribution in [3.8, 4) is 11.8 Å². The number of hydrogen-bond donors (Lipinski definition) is 2. The molecule has 1 saturated carbocycles. The molecular weight excluding hydrogens is 532 g/mol. The smallest absolute Gasteiger partial charge is 0.270 e. The first kappa shape index (κ1) is 26.6. The van der Waals surface area contributed by atoms with E-state index in [1.165, 1.54) is 17.0 Å². The molecule has 0 radical (unpaired) electrons. The predicted molar refractivity (Wildman–Crippen MR) is 141 cm³/mol. The number of carbonyl (C=O) groups is 2. The number of fused-ring (bicyclic) bond motifs is 1. The number of halogens is 3. The van der Waals surface area contributed by atoms with Crippen molar-refractivity contribution in [3.63, 3.8) is 0 Å². The predicted octanol–water partition coefficient (Wildman–Crippen LogP) is 2.98. The fourth-order valence-electron chi connectivity index (χ4n) is 5.09. The van der Waals surface area contributed by atoms with Gasteiger partial charge in [0.05, 0.1) is 41.1 Å². The van der Waals surface area contributed by atoms with Gasteiger partial charge in [0, 0.05) is 32.7 Å². The van der Waals surface area contributed by atoms with E-state index in [2.05, 4.69) is 33.8 Å². The van der Waals surface area contributed by atoms with Crippen LogP contribution in [0.5, 0.6) is 0 Å². The maximum Gasteiger partial charge on any atom is 0.270 e. The molecule has 2 aliphatic rings. The van der Waals surface area contributed by atoms with Gasteiger partial charge in [-0.15, -0.1) is 0 Å². The van der Waals surface area contributed by atoms with Crippen LogP contribution in [0.15, 0.2) is 31.1 Å². The molecule has 1 aliphatic heterocycles. The molecule has 1 aliphatic carbocycles. The van der Waals surface area contributed by atoms with Gasteiger partial charge in [0.1, 0.15) is 17.4 Å². The van der Waals surface area contributed by atoms with E-state index in [-0.39, 0.29) is 40.7 Å². The Morgan fingerprint density at radius 1 is 1.38 bits per heavy atom. The van der Waals surface area contributed by atoms with Gasteiger partial charge in [0.25, 0.3) is 11.8 Å². The van der Waals surface area contributed by atoms with E-state index >= 15 is 0 Å². The molecule has 2 amide bonds. The lowest BCUT2D eigenvalue weighted by atomic mass is 10.1. The van der Waals surface area contributed by atoms with Gasteiger partial charge in [0.2, 0.25) is 5.91 Å². The SMILES string of the molecule is C=CC(=O)N1C[C@@H](n2nc(C#Cc3cc4ncn(C5CC5(F)F)c4cc3Cl)c(C(N)=O)c2NC)C[C@@H]1COC. The lowest BCUT2D eigenvalue weighted by molar-refractivity contribution is -0.127. The Kier molecular flexibility index (Phi) is 6.82. The van der Waals surface area contributed by atoms with Crippen molar-refractivity contribution in [1.29, 1.82) is 0 Å². The van der Waals surface area contributed by atoms with Crippen LogP contribution in [-0.4, -0.2) is 75.3 Å². The zero-order valence-corrected chi connectivity index (χ0v) is 22.0. The number of ether oxygens (including phenoxy) is 1. The molecule has 3 atom stereocenters. The summed E-state index contributed by atoms with van der Waals surface area (Å²) in [4.78, 5) is 30.8. The number of amides is 2. The number of benzene rings is 1. The van der Waals surface area contributed by atoms with Crippen molar-refractivity contribution >= 4 is 40.3 Å². The summed E-state index contributed by atoms with van der Waals surface area (Å²) in [7, 11) is 3.19. The van der Waals surface area contributed by atoms with E-state index in [0.29, 0.717) is 42.0 Å². The average Bonchev–Trinajstić information content (AvgIpc) is 3.28. The molecule has 1 aromatic carbocycles. The lowest BCUT2D eigenvalue weighted by Gasteiger charge is -2.22. The minimum atomic E-state index is -2.76. The highest BCUT2D eigenvalue weighted by molar-refractivity contribution is 6.32. The maximum absolute atomic E-state index is 13.6. The van der Waals surface area contributed by atoms with Crippen molar-refractivity contribution in [2.75, 3.05) is 32.6 Å². The first-order valence-corrected chi connectivity index (χ1v) is 12.5. The summed E-state index contributed by atoms with van der Waals surface area (Å²) >= 11 is 6.45. The van der Waals surface area contributed by atoms with Crippen LogP contribution in [0, 0.1) is 11.8 Å². The molecule has 2 aromatic heterocycles. The van der Waals surface area contributed by atoms with Crippen molar-refractivity contribution in [2.45, 2.75) is 36.9 Å². The fraction of sp³-hybridized carbons (Fsp3) is 0.385. The molecule has 3 aromatic rings. The minimum absolute atomic E-state index is 0.0965. The van der Waals surface area contributed by atoms with E-state index in [0.717, 1.165) is 0 Å². The number of methoxy groups -OCH3 is 1. The Hall–Kier alpha value is -3.95. The lowest BCUT2D eigenvalue weighted by Crippen LogP contribution is -2.37. The van der Waals surface area contributed by atoms with Gasteiger partial charge in [-0.1, -0.05) is 24.1 Å². The van der Waals surface area contributed by atoms with E-state index in [1.54, 1.807) is 35.9 Å². The van der Waals surface area contributed by atoms with Crippen LogP contribution in [0.2, 0.25) is 5.02 Å². The third-order valence-corrected chi connectivity index (χ3v) is 7.37. The normalized spacial score (nSPS) is 21.5. The minimum Gasteiger partial charge on any atom is -0.383 e. The molecule has 13 heteroatoms. The summed E-state index contributed by atoms with van der Waals surface area (Å²) in [5, 5.41) is 7.81. The molecule has 39 heavy (non-hydrogen) atoms. The second kappa shape index (κ2) is 9.98. The number of carbonyl (C=O) groups excluding carboxylic acids is 2. The zero-order chi connectivity index (χ0) is 28.1. The Balaban J connectivity index is 1.51. The summed E-state index contributed by atoms with van der Waals surface area (Å²) in [5.74, 6) is 2.46. The molecule has 3 N–H and O–H groups in total. The maximum atomic E-state index is 13.6. The second-order valence-corrected chi connectivity index (χ2v) is 9.94. The molecule has 1 unspecified atom stereocenters. The van der Waals surface area contributed by atoms with Gasteiger partial charge in [-0.05, 0) is 30.6 Å². The van der Waals surface area contributed by atoms with E-state index in [9.17, 15) is 18.4 Å². The first-order chi connectivity index (χ1) is 18.6. The topological polar surface area (TPSA) is 120 Å². The molecular formula is C26H26ClF2N7O3. The molecule has 0 bridgehead atoms. The van der Waals surface area contributed by atoms with Gasteiger partial charge in [-0.2, -0.15) is 5.10 Å². The van der Waals surface area contributed by atoms with Gasteiger partial charge < -0.3 is 25.3 Å². The van der Waals surface area contributed by atoms with Crippen molar-refractivity contribution < 1.29 is 23.1 Å². The molecule has 0 spiro atoms. The van der Waals surface area contributed by atoms with Crippen LogP contribution in [0.4, 0.5) is 14.6 Å². The summed E-state index contributed by atoms with van der Waals surface area (Å²) in [5.41, 5.74) is 7.27. The standard InChI is InChI=1S/C26H26ClF2N7O3/c1-4-22(37)34-11-15(8-16(34)12-39-3)36-25(31-2)23(24(30)38)18(33-36)6-5-14-7-19-20(9-17(14)27)35(13-32-19)21-10-26(21,28)29/h4,7,9,13,15-16,21,31H,1,8,10-12H2,2-3H3,(H2,30,38)/t15-,16+,21?/m0/s1. The summed E-state index contributed by atoms with van der Waals surface area (Å²) in [6, 6.07) is 1.73. The molecule has 3 heterocycles. The third-order valence-electron chi connectivity index (χ3n) is 7.06. The number of aromatic nitrogens is 4. The largest absolute Gasteiger partial charge is 0.383 e. The Bertz CT molecular complexity index is 1550. The van der Waals surface area contributed by atoms with Crippen LogP contribution in [0.25, 0.3) is 11.0 Å². The average molecular weight is 558 g/mol.